The highest BCUT2D eigenvalue weighted by Crippen LogP contribution is 2.27. The number of carbonyl (C=O) groups excluding carboxylic acids is 1. The molecule has 0 bridgehead atoms. The van der Waals surface area contributed by atoms with Crippen LogP contribution in [0.3, 0.4) is 0 Å². The van der Waals surface area contributed by atoms with Crippen molar-refractivity contribution in [3.63, 3.8) is 0 Å². The molecule has 0 spiro atoms. The largest absolute Gasteiger partial charge is 0.493 e. The van der Waals surface area contributed by atoms with Crippen molar-refractivity contribution in [1.82, 2.24) is 14.9 Å². The van der Waals surface area contributed by atoms with E-state index >= 15 is 0 Å². The van der Waals surface area contributed by atoms with Gasteiger partial charge in [0.25, 0.3) is 5.56 Å². The summed E-state index contributed by atoms with van der Waals surface area (Å²) in [5.41, 5.74) is 1.34. The molecule has 0 aliphatic carbocycles. The Hall–Kier alpha value is -3.04. The molecule has 3 aromatic rings. The summed E-state index contributed by atoms with van der Waals surface area (Å²) < 4.78 is 17.4. The zero-order valence-electron chi connectivity index (χ0n) is 18.6. The van der Waals surface area contributed by atoms with Gasteiger partial charge in [-0.05, 0) is 36.8 Å². The SMILES string of the molecule is COC[C@@H](C)n1c(SCC(=O)NCc2ccc(OC)c(OC)c2)nc2ccccc2c1=O. The zero-order chi connectivity index (χ0) is 23.1. The Balaban J connectivity index is 1.73. The van der Waals surface area contributed by atoms with Gasteiger partial charge in [0.2, 0.25) is 5.91 Å². The molecule has 1 heterocycles. The molecule has 0 radical (unpaired) electrons. The molecule has 0 aliphatic heterocycles. The third-order valence-corrected chi connectivity index (χ3v) is 5.85. The van der Waals surface area contributed by atoms with Crippen LogP contribution in [0.4, 0.5) is 0 Å². The van der Waals surface area contributed by atoms with Gasteiger partial charge in [0.05, 0.1) is 43.5 Å². The van der Waals surface area contributed by atoms with Crippen molar-refractivity contribution in [2.24, 2.45) is 0 Å². The molecule has 0 fully saturated rings. The molecule has 0 unspecified atom stereocenters. The Morgan fingerprint density at radius 3 is 2.59 bits per heavy atom. The molecule has 1 amide bonds. The molecule has 9 heteroatoms. The topological polar surface area (TPSA) is 91.7 Å². The van der Waals surface area contributed by atoms with Gasteiger partial charge in [-0.15, -0.1) is 0 Å². The van der Waals surface area contributed by atoms with Crippen LogP contribution in [-0.2, 0) is 16.1 Å². The first-order chi connectivity index (χ1) is 15.5. The number of hydrogen-bond donors (Lipinski definition) is 1. The normalized spacial score (nSPS) is 11.9. The van der Waals surface area contributed by atoms with Crippen LogP contribution in [-0.4, -0.2) is 49.1 Å². The van der Waals surface area contributed by atoms with E-state index in [1.165, 1.54) is 11.8 Å². The van der Waals surface area contributed by atoms with Crippen LogP contribution in [0.25, 0.3) is 10.9 Å². The highest BCUT2D eigenvalue weighted by atomic mass is 32.2. The summed E-state index contributed by atoms with van der Waals surface area (Å²) >= 11 is 1.23. The fourth-order valence-electron chi connectivity index (χ4n) is 3.30. The lowest BCUT2D eigenvalue weighted by Gasteiger charge is -2.18. The first-order valence-corrected chi connectivity index (χ1v) is 11.1. The van der Waals surface area contributed by atoms with E-state index in [1.807, 2.05) is 31.2 Å². The minimum atomic E-state index is -0.220. The van der Waals surface area contributed by atoms with Crippen LogP contribution in [0.2, 0.25) is 0 Å². The minimum absolute atomic E-state index is 0.123. The number of fused-ring (bicyclic) bond motifs is 1. The number of hydrogen-bond acceptors (Lipinski definition) is 7. The molecule has 1 N–H and O–H groups in total. The number of aromatic nitrogens is 2. The number of para-hydroxylation sites is 1. The average molecular weight is 458 g/mol. The summed E-state index contributed by atoms with van der Waals surface area (Å²) in [6, 6.07) is 12.5. The van der Waals surface area contributed by atoms with Crippen LogP contribution >= 0.6 is 11.8 Å². The third-order valence-electron chi connectivity index (χ3n) is 4.89. The van der Waals surface area contributed by atoms with E-state index in [-0.39, 0.29) is 23.3 Å². The smallest absolute Gasteiger partial charge is 0.262 e. The molecule has 2 aromatic carbocycles. The maximum Gasteiger partial charge on any atom is 0.262 e. The fraction of sp³-hybridized carbons (Fsp3) is 0.348. The Morgan fingerprint density at radius 1 is 1.12 bits per heavy atom. The first-order valence-electron chi connectivity index (χ1n) is 10.1. The van der Waals surface area contributed by atoms with Crippen molar-refractivity contribution < 1.29 is 19.0 Å². The monoisotopic (exact) mass is 457 g/mol. The number of ether oxygens (including phenoxy) is 3. The van der Waals surface area contributed by atoms with Gasteiger partial charge in [-0.3, -0.25) is 14.2 Å². The average Bonchev–Trinajstić information content (AvgIpc) is 2.81. The molecular formula is C23H27N3O5S. The summed E-state index contributed by atoms with van der Waals surface area (Å²) in [6.45, 7) is 2.60. The number of carbonyl (C=O) groups is 1. The molecule has 0 saturated heterocycles. The van der Waals surface area contributed by atoms with E-state index in [9.17, 15) is 9.59 Å². The fourth-order valence-corrected chi connectivity index (χ4v) is 4.23. The maximum atomic E-state index is 13.1. The lowest BCUT2D eigenvalue weighted by molar-refractivity contribution is -0.118. The van der Waals surface area contributed by atoms with Crippen LogP contribution in [0.1, 0.15) is 18.5 Å². The van der Waals surface area contributed by atoms with Gasteiger partial charge in [-0.25, -0.2) is 4.98 Å². The third kappa shape index (κ3) is 5.41. The number of nitrogens with one attached hydrogen (secondary N) is 1. The molecule has 1 atom stereocenters. The van der Waals surface area contributed by atoms with E-state index in [1.54, 1.807) is 44.1 Å². The predicted molar refractivity (Wildman–Crippen MR) is 125 cm³/mol. The summed E-state index contributed by atoms with van der Waals surface area (Å²) in [4.78, 5) is 30.2. The molecule has 32 heavy (non-hydrogen) atoms. The van der Waals surface area contributed by atoms with Crippen LogP contribution < -0.4 is 20.3 Å². The van der Waals surface area contributed by atoms with Crippen molar-refractivity contribution in [3.05, 3.63) is 58.4 Å². The number of thioether (sulfide) groups is 1. The lowest BCUT2D eigenvalue weighted by Crippen LogP contribution is -2.29. The van der Waals surface area contributed by atoms with Crippen LogP contribution in [0.5, 0.6) is 11.5 Å². The van der Waals surface area contributed by atoms with E-state index in [0.29, 0.717) is 40.7 Å². The van der Waals surface area contributed by atoms with E-state index in [4.69, 9.17) is 14.2 Å². The van der Waals surface area contributed by atoms with E-state index in [2.05, 4.69) is 10.3 Å². The van der Waals surface area contributed by atoms with Crippen molar-refractivity contribution in [2.75, 3.05) is 33.7 Å². The first kappa shape index (κ1) is 23.6. The quantitative estimate of drug-likeness (QED) is 0.370. The van der Waals surface area contributed by atoms with Gasteiger partial charge in [0, 0.05) is 13.7 Å². The van der Waals surface area contributed by atoms with Gasteiger partial charge in [0.1, 0.15) is 0 Å². The molecule has 3 rings (SSSR count). The number of amides is 1. The molecule has 170 valence electrons. The van der Waals surface area contributed by atoms with E-state index in [0.717, 1.165) is 5.56 Å². The summed E-state index contributed by atoms with van der Waals surface area (Å²) in [6.07, 6.45) is 0. The number of nitrogens with zero attached hydrogens (tertiary/aromatic N) is 2. The molecule has 0 aliphatic rings. The second-order valence-corrected chi connectivity index (χ2v) is 8.09. The highest BCUT2D eigenvalue weighted by molar-refractivity contribution is 7.99. The number of methoxy groups -OCH3 is 3. The van der Waals surface area contributed by atoms with Crippen molar-refractivity contribution in [2.45, 2.75) is 24.7 Å². The summed E-state index contributed by atoms with van der Waals surface area (Å²) in [5.74, 6) is 1.18. The van der Waals surface area contributed by atoms with Gasteiger partial charge in [0.15, 0.2) is 16.7 Å². The summed E-state index contributed by atoms with van der Waals surface area (Å²) in [7, 11) is 4.73. The molecule has 8 nitrogen and oxygen atoms in total. The van der Waals surface area contributed by atoms with Crippen molar-refractivity contribution >= 4 is 28.6 Å². The van der Waals surface area contributed by atoms with Gasteiger partial charge < -0.3 is 19.5 Å². The Morgan fingerprint density at radius 2 is 1.88 bits per heavy atom. The zero-order valence-corrected chi connectivity index (χ0v) is 19.4. The second-order valence-electron chi connectivity index (χ2n) is 7.15. The lowest BCUT2D eigenvalue weighted by atomic mass is 10.2. The highest BCUT2D eigenvalue weighted by Gasteiger charge is 2.17. The molecular weight excluding hydrogens is 430 g/mol. The van der Waals surface area contributed by atoms with E-state index < -0.39 is 0 Å². The Kier molecular flexibility index (Phi) is 8.13. The molecule has 0 saturated carbocycles. The number of rotatable bonds is 10. The van der Waals surface area contributed by atoms with Gasteiger partial charge in [-0.2, -0.15) is 0 Å². The minimum Gasteiger partial charge on any atom is -0.493 e. The predicted octanol–water partition coefficient (Wildman–Crippen LogP) is 3.03. The number of benzene rings is 2. The van der Waals surface area contributed by atoms with Crippen molar-refractivity contribution in [1.29, 1.82) is 0 Å². The van der Waals surface area contributed by atoms with Crippen LogP contribution in [0, 0.1) is 0 Å². The van der Waals surface area contributed by atoms with Gasteiger partial charge >= 0.3 is 0 Å². The van der Waals surface area contributed by atoms with Gasteiger partial charge in [-0.1, -0.05) is 30.0 Å². The Bertz CT molecular complexity index is 1150. The maximum absolute atomic E-state index is 13.1. The second kappa shape index (κ2) is 11.0. The van der Waals surface area contributed by atoms with Crippen molar-refractivity contribution in [3.8, 4) is 11.5 Å². The standard InChI is InChI=1S/C23H27N3O5S/c1-15(13-29-2)26-22(28)17-7-5-6-8-18(17)25-23(26)32-14-21(27)24-12-16-9-10-19(30-3)20(11-16)31-4/h5-11,15H,12-14H2,1-4H3,(H,24,27)/t15-/m1/s1. The van der Waals surface area contributed by atoms with Crippen LogP contribution in [0.15, 0.2) is 52.4 Å². The summed E-state index contributed by atoms with van der Waals surface area (Å²) in [5, 5.41) is 3.91. The molecule has 1 aromatic heterocycles. The Labute approximate surface area is 190 Å².